The van der Waals surface area contributed by atoms with E-state index in [2.05, 4.69) is 59.3 Å². The molecule has 0 unspecified atom stereocenters. The summed E-state index contributed by atoms with van der Waals surface area (Å²) in [5, 5.41) is 2.48. The summed E-state index contributed by atoms with van der Waals surface area (Å²) in [6, 6.07) is 18.7. The molecule has 2 N–H and O–H groups in total. The highest BCUT2D eigenvalue weighted by Gasteiger charge is 2.10. The fourth-order valence-electron chi connectivity index (χ4n) is 2.54. The van der Waals surface area contributed by atoms with E-state index >= 15 is 0 Å². The second-order valence-electron chi connectivity index (χ2n) is 4.68. The zero-order valence-electron chi connectivity index (χ0n) is 11.5. The molecule has 3 aromatic rings. The van der Waals surface area contributed by atoms with Gasteiger partial charge in [0.1, 0.15) is 5.82 Å². The lowest BCUT2D eigenvalue weighted by molar-refractivity contribution is 1.03. The number of fused-ring (bicyclic) bond motifs is 1. The van der Waals surface area contributed by atoms with E-state index in [1.165, 1.54) is 16.5 Å². The van der Waals surface area contributed by atoms with Crippen LogP contribution in [0.2, 0.25) is 0 Å². The number of pyridine rings is 1. The van der Waals surface area contributed by atoms with E-state index in [0.29, 0.717) is 5.82 Å². The van der Waals surface area contributed by atoms with Gasteiger partial charge in [0.25, 0.3) is 0 Å². The van der Waals surface area contributed by atoms with Gasteiger partial charge in [-0.2, -0.15) is 0 Å². The minimum Gasteiger partial charge on any atom is -0.384 e. The molecule has 0 fully saturated rings. The number of aromatic nitrogens is 1. The van der Waals surface area contributed by atoms with Crippen LogP contribution in [0.5, 0.6) is 0 Å². The highest BCUT2D eigenvalue weighted by Crippen LogP contribution is 2.32. The van der Waals surface area contributed by atoms with Crippen LogP contribution in [0.25, 0.3) is 10.8 Å². The molecule has 2 aromatic carbocycles. The molecule has 3 nitrogen and oxygen atoms in total. The van der Waals surface area contributed by atoms with Gasteiger partial charge in [0, 0.05) is 35.6 Å². The Bertz CT molecular complexity index is 732. The largest absolute Gasteiger partial charge is 0.384 e. The number of anilines is 3. The minimum absolute atomic E-state index is 0.543. The molecule has 100 valence electrons. The molecule has 1 heterocycles. The third kappa shape index (κ3) is 2.18. The quantitative estimate of drug-likeness (QED) is 0.777. The van der Waals surface area contributed by atoms with Crippen molar-refractivity contribution in [1.29, 1.82) is 0 Å². The van der Waals surface area contributed by atoms with Crippen LogP contribution >= 0.6 is 0 Å². The Kier molecular flexibility index (Phi) is 3.25. The molecule has 0 spiro atoms. The predicted octanol–water partition coefficient (Wildman–Crippen LogP) is 3.98. The van der Waals surface area contributed by atoms with Gasteiger partial charge in [-0.1, -0.05) is 36.4 Å². The molecule has 1 aromatic heterocycles. The summed E-state index contributed by atoms with van der Waals surface area (Å²) in [5.41, 5.74) is 8.06. The third-order valence-corrected chi connectivity index (χ3v) is 3.45. The molecular weight excluding hydrogens is 246 g/mol. The fraction of sp³-hybridized carbons (Fsp3) is 0.118. The second-order valence-corrected chi connectivity index (χ2v) is 4.68. The first-order valence-electron chi connectivity index (χ1n) is 6.76. The first-order valence-corrected chi connectivity index (χ1v) is 6.76. The maximum atomic E-state index is 5.80. The van der Waals surface area contributed by atoms with E-state index in [0.717, 1.165) is 12.2 Å². The Morgan fingerprint density at radius 3 is 2.65 bits per heavy atom. The molecule has 0 aliphatic heterocycles. The molecule has 0 aliphatic carbocycles. The number of nitrogens with zero attached hydrogens (tertiary/aromatic N) is 2. The van der Waals surface area contributed by atoms with Crippen molar-refractivity contribution in [2.45, 2.75) is 6.92 Å². The van der Waals surface area contributed by atoms with Gasteiger partial charge in [0.15, 0.2) is 0 Å². The molecule has 0 atom stereocenters. The van der Waals surface area contributed by atoms with Crippen LogP contribution in [0.4, 0.5) is 17.2 Å². The van der Waals surface area contributed by atoms with E-state index in [-0.39, 0.29) is 0 Å². The number of benzene rings is 2. The Hall–Kier alpha value is -2.55. The number of nitrogens with two attached hydrogens (primary N) is 1. The molecule has 0 amide bonds. The van der Waals surface area contributed by atoms with Crippen LogP contribution in [0, 0.1) is 0 Å². The number of nitrogen functional groups attached to an aromatic ring is 1. The van der Waals surface area contributed by atoms with E-state index in [9.17, 15) is 0 Å². The molecule has 0 bridgehead atoms. The molecule has 3 heteroatoms. The van der Waals surface area contributed by atoms with Crippen molar-refractivity contribution in [3.05, 3.63) is 60.8 Å². The van der Waals surface area contributed by atoms with Gasteiger partial charge in [0.05, 0.1) is 0 Å². The first-order chi connectivity index (χ1) is 9.79. The lowest BCUT2D eigenvalue weighted by Crippen LogP contribution is -2.16. The summed E-state index contributed by atoms with van der Waals surface area (Å²) in [5.74, 6) is 0.543. The zero-order chi connectivity index (χ0) is 13.9. The maximum absolute atomic E-state index is 5.80. The summed E-state index contributed by atoms with van der Waals surface area (Å²) in [4.78, 5) is 6.31. The topological polar surface area (TPSA) is 42.2 Å². The Labute approximate surface area is 118 Å². The van der Waals surface area contributed by atoms with Crippen molar-refractivity contribution in [3.8, 4) is 0 Å². The summed E-state index contributed by atoms with van der Waals surface area (Å²) in [6.45, 7) is 3.01. The standard InChI is InChI=1S/C17H17N3/c1-2-20(14-10-11-19-17(18)12-14)16-9-5-7-13-6-3-4-8-15(13)16/h3-12H,2H2,1H3,(H2,18,19). The van der Waals surface area contributed by atoms with Crippen molar-refractivity contribution in [3.63, 3.8) is 0 Å². The van der Waals surface area contributed by atoms with Crippen molar-refractivity contribution in [2.75, 3.05) is 17.2 Å². The summed E-state index contributed by atoms with van der Waals surface area (Å²) >= 11 is 0. The lowest BCUT2D eigenvalue weighted by Gasteiger charge is -2.25. The summed E-state index contributed by atoms with van der Waals surface area (Å²) in [6.07, 6.45) is 1.75. The van der Waals surface area contributed by atoms with Crippen LogP contribution in [0.3, 0.4) is 0 Å². The molecule has 0 saturated heterocycles. The van der Waals surface area contributed by atoms with Crippen molar-refractivity contribution < 1.29 is 0 Å². The van der Waals surface area contributed by atoms with Crippen LogP contribution in [-0.2, 0) is 0 Å². The monoisotopic (exact) mass is 263 g/mol. The molecule has 0 saturated carbocycles. The number of rotatable bonds is 3. The normalized spacial score (nSPS) is 10.7. The van der Waals surface area contributed by atoms with Gasteiger partial charge in [-0.15, -0.1) is 0 Å². The molecule has 3 rings (SSSR count). The first kappa shape index (κ1) is 12.5. The third-order valence-electron chi connectivity index (χ3n) is 3.45. The molecule has 0 aliphatic rings. The maximum Gasteiger partial charge on any atom is 0.125 e. The Balaban J connectivity index is 2.17. The average molecular weight is 263 g/mol. The van der Waals surface area contributed by atoms with Gasteiger partial charge < -0.3 is 10.6 Å². The smallest absolute Gasteiger partial charge is 0.125 e. The minimum atomic E-state index is 0.543. The van der Waals surface area contributed by atoms with E-state index in [1.54, 1.807) is 6.20 Å². The van der Waals surface area contributed by atoms with Crippen molar-refractivity contribution in [2.24, 2.45) is 0 Å². The zero-order valence-corrected chi connectivity index (χ0v) is 11.5. The predicted molar refractivity (Wildman–Crippen MR) is 85.3 cm³/mol. The average Bonchev–Trinajstić information content (AvgIpc) is 2.48. The van der Waals surface area contributed by atoms with Crippen LogP contribution in [-0.4, -0.2) is 11.5 Å². The van der Waals surface area contributed by atoms with Gasteiger partial charge in [-0.25, -0.2) is 4.98 Å². The van der Waals surface area contributed by atoms with Gasteiger partial charge in [0.2, 0.25) is 0 Å². The number of hydrogen-bond acceptors (Lipinski definition) is 3. The molecule has 20 heavy (non-hydrogen) atoms. The van der Waals surface area contributed by atoms with Crippen LogP contribution in [0.15, 0.2) is 60.8 Å². The van der Waals surface area contributed by atoms with Gasteiger partial charge in [-0.3, -0.25) is 0 Å². The number of hydrogen-bond donors (Lipinski definition) is 1. The summed E-state index contributed by atoms with van der Waals surface area (Å²) in [7, 11) is 0. The Morgan fingerprint density at radius 2 is 1.85 bits per heavy atom. The fourth-order valence-corrected chi connectivity index (χ4v) is 2.54. The highest BCUT2D eigenvalue weighted by atomic mass is 15.1. The Morgan fingerprint density at radius 1 is 1.05 bits per heavy atom. The van der Waals surface area contributed by atoms with Crippen molar-refractivity contribution in [1.82, 2.24) is 4.98 Å². The van der Waals surface area contributed by atoms with Crippen molar-refractivity contribution >= 4 is 28.0 Å². The van der Waals surface area contributed by atoms with E-state index in [1.807, 2.05) is 12.1 Å². The lowest BCUT2D eigenvalue weighted by atomic mass is 10.1. The second kappa shape index (κ2) is 5.21. The highest BCUT2D eigenvalue weighted by molar-refractivity contribution is 5.96. The molecule has 0 radical (unpaired) electrons. The van der Waals surface area contributed by atoms with E-state index < -0.39 is 0 Å². The van der Waals surface area contributed by atoms with Crippen LogP contribution in [0.1, 0.15) is 6.92 Å². The van der Waals surface area contributed by atoms with Crippen LogP contribution < -0.4 is 10.6 Å². The molecular formula is C17H17N3. The SMILES string of the molecule is CCN(c1ccnc(N)c1)c1cccc2ccccc12. The van der Waals surface area contributed by atoms with Gasteiger partial charge >= 0.3 is 0 Å². The summed E-state index contributed by atoms with van der Waals surface area (Å²) < 4.78 is 0. The van der Waals surface area contributed by atoms with E-state index in [4.69, 9.17) is 5.73 Å². The van der Waals surface area contributed by atoms with Gasteiger partial charge in [-0.05, 0) is 24.4 Å².